The Hall–Kier alpha value is -1.36. The molecule has 1 aromatic rings. The Labute approximate surface area is 124 Å². The number of hydrogen-bond donors (Lipinski definition) is 2. The summed E-state index contributed by atoms with van der Waals surface area (Å²) in [4.78, 5) is 2.22. The molecule has 5 heteroatoms. The second-order valence-corrected chi connectivity index (χ2v) is 4.95. The highest BCUT2D eigenvalue weighted by Gasteiger charge is 2.24. The van der Waals surface area contributed by atoms with E-state index in [-0.39, 0.29) is 10.7 Å². The number of hydrogen-bond acceptors (Lipinski definition) is 3. The number of nitrogens with zero attached hydrogens (tertiary/aromatic N) is 1. The summed E-state index contributed by atoms with van der Waals surface area (Å²) in [6, 6.07) is 4.40. The topological polar surface area (TPSA) is 49.5 Å². The van der Waals surface area contributed by atoms with E-state index in [1.54, 1.807) is 24.3 Å². The van der Waals surface area contributed by atoms with Crippen LogP contribution in [0, 0.1) is 0 Å². The molecule has 0 amide bonds. The van der Waals surface area contributed by atoms with E-state index >= 15 is 0 Å². The third kappa shape index (κ3) is 4.06. The average molecular weight is 297 g/mol. The van der Waals surface area contributed by atoms with Crippen LogP contribution in [0.2, 0.25) is 5.02 Å². The highest BCUT2D eigenvalue weighted by atomic mass is 35.5. The van der Waals surface area contributed by atoms with Gasteiger partial charge in [-0.25, -0.2) is 0 Å². The van der Waals surface area contributed by atoms with Crippen molar-refractivity contribution >= 4 is 28.8 Å². The molecule has 3 nitrogen and oxygen atoms in total. The Balaban J connectivity index is 3.24. The molecule has 19 heavy (non-hydrogen) atoms. The minimum Gasteiger partial charge on any atom is -0.508 e. The first-order valence-corrected chi connectivity index (χ1v) is 6.53. The summed E-state index contributed by atoms with van der Waals surface area (Å²) in [5.41, 5.74) is 6.40. The summed E-state index contributed by atoms with van der Waals surface area (Å²) >= 11 is 11.1. The lowest BCUT2D eigenvalue weighted by Crippen LogP contribution is -2.37. The average Bonchev–Trinajstić information content (AvgIpc) is 2.34. The van der Waals surface area contributed by atoms with Crippen LogP contribution in [0.3, 0.4) is 0 Å². The first kappa shape index (κ1) is 15.7. The van der Waals surface area contributed by atoms with E-state index < -0.39 is 6.04 Å². The van der Waals surface area contributed by atoms with Gasteiger partial charge in [-0.2, -0.15) is 0 Å². The normalized spacial score (nSPS) is 12.1. The van der Waals surface area contributed by atoms with E-state index in [1.165, 1.54) is 6.07 Å². The van der Waals surface area contributed by atoms with Crippen LogP contribution in [0.4, 0.5) is 0 Å². The van der Waals surface area contributed by atoms with Gasteiger partial charge >= 0.3 is 0 Å². The summed E-state index contributed by atoms with van der Waals surface area (Å²) in [7, 11) is 0. The van der Waals surface area contributed by atoms with E-state index in [0.717, 1.165) is 0 Å². The van der Waals surface area contributed by atoms with E-state index in [0.29, 0.717) is 23.7 Å². The van der Waals surface area contributed by atoms with Crippen LogP contribution < -0.4 is 5.73 Å². The molecule has 1 rings (SSSR count). The number of halogens is 1. The molecule has 1 aromatic carbocycles. The standard InChI is InChI=1S/C14H17ClN2OS/c1-3-7-17(8-4-2)13(14(16)19)11-9-10(15)5-6-12(11)18/h3-6,9,13,18H,1-2,7-8H2,(H2,16,19). The van der Waals surface area contributed by atoms with Gasteiger partial charge in [-0.15, -0.1) is 13.2 Å². The predicted octanol–water partition coefficient (Wildman–Crippen LogP) is 3.05. The lowest BCUT2D eigenvalue weighted by Gasteiger charge is -2.29. The van der Waals surface area contributed by atoms with Crippen molar-refractivity contribution in [2.24, 2.45) is 5.73 Å². The SMILES string of the molecule is C=CCN(CC=C)C(C(N)=S)c1cc(Cl)ccc1O. The number of nitrogens with two attached hydrogens (primary N) is 1. The minimum atomic E-state index is -0.412. The van der Waals surface area contributed by atoms with Gasteiger partial charge < -0.3 is 10.8 Å². The summed E-state index contributed by atoms with van der Waals surface area (Å²) in [6.45, 7) is 8.56. The maximum Gasteiger partial charge on any atom is 0.120 e. The summed E-state index contributed by atoms with van der Waals surface area (Å²) in [6.07, 6.45) is 3.49. The fourth-order valence-corrected chi connectivity index (χ4v) is 2.35. The number of phenolic OH excluding ortho intramolecular Hbond substituents is 1. The van der Waals surface area contributed by atoms with Crippen molar-refractivity contribution in [3.63, 3.8) is 0 Å². The zero-order valence-electron chi connectivity index (χ0n) is 10.6. The Kier molecular flexibility index (Phi) is 6.02. The van der Waals surface area contributed by atoms with Crippen molar-refractivity contribution in [3.05, 3.63) is 54.1 Å². The smallest absolute Gasteiger partial charge is 0.120 e. The number of benzene rings is 1. The zero-order valence-corrected chi connectivity index (χ0v) is 12.1. The van der Waals surface area contributed by atoms with Crippen LogP contribution in [0.5, 0.6) is 5.75 Å². The molecule has 0 saturated carbocycles. The molecule has 0 saturated heterocycles. The molecule has 0 radical (unpaired) electrons. The van der Waals surface area contributed by atoms with Crippen molar-refractivity contribution in [1.29, 1.82) is 0 Å². The van der Waals surface area contributed by atoms with Crippen molar-refractivity contribution < 1.29 is 5.11 Å². The second-order valence-electron chi connectivity index (χ2n) is 4.04. The number of phenols is 1. The number of thiocarbonyl (C=S) groups is 1. The van der Waals surface area contributed by atoms with Crippen molar-refractivity contribution in [2.45, 2.75) is 6.04 Å². The fraction of sp³-hybridized carbons (Fsp3) is 0.214. The second kappa shape index (κ2) is 7.28. The summed E-state index contributed by atoms with van der Waals surface area (Å²) < 4.78 is 0. The largest absolute Gasteiger partial charge is 0.508 e. The van der Waals surface area contributed by atoms with Gasteiger partial charge in [0.2, 0.25) is 0 Å². The monoisotopic (exact) mass is 296 g/mol. The molecule has 0 bridgehead atoms. The molecule has 0 spiro atoms. The minimum absolute atomic E-state index is 0.111. The van der Waals surface area contributed by atoms with Gasteiger partial charge in [-0.1, -0.05) is 36.0 Å². The van der Waals surface area contributed by atoms with Gasteiger partial charge in [0.25, 0.3) is 0 Å². The van der Waals surface area contributed by atoms with Crippen molar-refractivity contribution in [1.82, 2.24) is 4.90 Å². The molecule has 1 unspecified atom stereocenters. The molecule has 0 heterocycles. The van der Waals surface area contributed by atoms with E-state index in [1.807, 2.05) is 4.90 Å². The highest BCUT2D eigenvalue weighted by molar-refractivity contribution is 7.80. The first-order valence-electron chi connectivity index (χ1n) is 5.74. The quantitative estimate of drug-likeness (QED) is 0.600. The molecular weight excluding hydrogens is 280 g/mol. The molecule has 0 aromatic heterocycles. The van der Waals surface area contributed by atoms with Gasteiger partial charge in [0, 0.05) is 23.7 Å². The number of aromatic hydroxyl groups is 1. The highest BCUT2D eigenvalue weighted by Crippen LogP contribution is 2.31. The Morgan fingerprint density at radius 3 is 2.47 bits per heavy atom. The third-order valence-electron chi connectivity index (χ3n) is 2.65. The summed E-state index contributed by atoms with van der Waals surface area (Å²) in [5, 5.41) is 10.5. The van der Waals surface area contributed by atoms with Crippen LogP contribution in [0.25, 0.3) is 0 Å². The fourth-order valence-electron chi connectivity index (χ4n) is 1.89. The molecule has 0 aliphatic rings. The Morgan fingerprint density at radius 2 is 2.00 bits per heavy atom. The molecule has 0 aliphatic heterocycles. The predicted molar refractivity (Wildman–Crippen MR) is 84.6 cm³/mol. The van der Waals surface area contributed by atoms with Crippen LogP contribution >= 0.6 is 23.8 Å². The zero-order chi connectivity index (χ0) is 14.4. The molecular formula is C14H17ClN2OS. The lowest BCUT2D eigenvalue weighted by atomic mass is 10.0. The van der Waals surface area contributed by atoms with Gasteiger partial charge in [0.05, 0.1) is 11.0 Å². The van der Waals surface area contributed by atoms with E-state index in [9.17, 15) is 5.11 Å². The van der Waals surface area contributed by atoms with Crippen LogP contribution in [-0.4, -0.2) is 28.1 Å². The number of rotatable bonds is 7. The van der Waals surface area contributed by atoms with Crippen molar-refractivity contribution in [3.8, 4) is 5.75 Å². The molecule has 1 atom stereocenters. The van der Waals surface area contributed by atoms with Gasteiger partial charge in [-0.3, -0.25) is 4.90 Å². The van der Waals surface area contributed by atoms with Crippen LogP contribution in [0.15, 0.2) is 43.5 Å². The van der Waals surface area contributed by atoms with Crippen LogP contribution in [0.1, 0.15) is 11.6 Å². The van der Waals surface area contributed by atoms with E-state index in [4.69, 9.17) is 29.6 Å². The van der Waals surface area contributed by atoms with Gasteiger partial charge in [-0.05, 0) is 18.2 Å². The Morgan fingerprint density at radius 1 is 1.42 bits per heavy atom. The van der Waals surface area contributed by atoms with Crippen LogP contribution in [-0.2, 0) is 0 Å². The van der Waals surface area contributed by atoms with Gasteiger partial charge in [0.15, 0.2) is 0 Å². The third-order valence-corrected chi connectivity index (χ3v) is 3.10. The lowest BCUT2D eigenvalue weighted by molar-refractivity contribution is 0.295. The molecule has 3 N–H and O–H groups in total. The first-order chi connectivity index (χ1) is 9.01. The maximum absolute atomic E-state index is 9.99. The van der Waals surface area contributed by atoms with E-state index in [2.05, 4.69) is 13.2 Å². The molecule has 0 fully saturated rings. The maximum atomic E-state index is 9.99. The Bertz CT molecular complexity index is 480. The summed E-state index contributed by atoms with van der Waals surface area (Å²) in [5.74, 6) is 0.111. The molecule has 0 aliphatic carbocycles. The molecule has 102 valence electrons. The van der Waals surface area contributed by atoms with Crippen molar-refractivity contribution in [2.75, 3.05) is 13.1 Å². The van der Waals surface area contributed by atoms with Gasteiger partial charge in [0.1, 0.15) is 5.75 Å².